The van der Waals surface area contributed by atoms with Crippen molar-refractivity contribution in [1.82, 2.24) is 0 Å². The summed E-state index contributed by atoms with van der Waals surface area (Å²) in [5, 5.41) is 2.40. The predicted octanol–water partition coefficient (Wildman–Crippen LogP) is 6.22. The molecular weight excluding hydrogens is 420 g/mol. The number of rotatable bonds is 11. The second kappa shape index (κ2) is 13.8. The van der Waals surface area contributed by atoms with Crippen molar-refractivity contribution in [3.8, 4) is 11.8 Å². The summed E-state index contributed by atoms with van der Waals surface area (Å²) in [6, 6.07) is 21.3. The van der Waals surface area contributed by atoms with Gasteiger partial charge in [-0.05, 0) is 27.9 Å². The van der Waals surface area contributed by atoms with Gasteiger partial charge >= 0.3 is 0 Å². The lowest BCUT2D eigenvalue weighted by Crippen LogP contribution is -2.67. The molecule has 2 aromatic rings. The van der Waals surface area contributed by atoms with Crippen LogP contribution < -0.4 is 10.4 Å². The maximum atomic E-state index is 10.7. The van der Waals surface area contributed by atoms with Crippen LogP contribution in [-0.2, 0) is 9.22 Å². The molecule has 174 valence electrons. The molecule has 0 aromatic heterocycles. The van der Waals surface area contributed by atoms with Gasteiger partial charge in [0.2, 0.25) is 0 Å². The summed E-state index contributed by atoms with van der Waals surface area (Å²) in [6.07, 6.45) is 12.9. The molecule has 0 radical (unpaired) electrons. The Morgan fingerprint density at radius 1 is 0.879 bits per heavy atom. The van der Waals surface area contributed by atoms with Crippen LogP contribution in [0, 0.1) is 11.8 Å². The Balaban J connectivity index is 2.50. The van der Waals surface area contributed by atoms with E-state index in [-0.39, 0.29) is 11.1 Å². The van der Waals surface area contributed by atoms with Crippen molar-refractivity contribution in [2.45, 2.75) is 70.9 Å². The standard InChI is InChI=1S/C30H38O2Si/c1-5-6-7-8-9-13-20-27(21-14-12-19-26-31)32-33(30(2,3)4,28-22-15-10-16-23-28)29-24-17-11-18-25-29/h10-12,14-19,21-27H,5-8,20H2,1-4H3/b19-12+,21-14+/t27-/m1/s1. The summed E-state index contributed by atoms with van der Waals surface area (Å²) in [6.45, 7) is 9.05. The van der Waals surface area contributed by atoms with Crippen molar-refractivity contribution in [1.29, 1.82) is 0 Å². The molecule has 0 spiro atoms. The van der Waals surface area contributed by atoms with Gasteiger partial charge in [0.15, 0.2) is 0 Å². The highest BCUT2D eigenvalue weighted by Gasteiger charge is 2.51. The largest absolute Gasteiger partial charge is 0.400 e. The first-order valence-corrected chi connectivity index (χ1v) is 13.9. The summed E-state index contributed by atoms with van der Waals surface area (Å²) in [4.78, 5) is 10.7. The van der Waals surface area contributed by atoms with Crippen LogP contribution in [-0.4, -0.2) is 20.7 Å². The van der Waals surface area contributed by atoms with Gasteiger partial charge in [0.25, 0.3) is 8.32 Å². The highest BCUT2D eigenvalue weighted by atomic mass is 28.4. The lowest BCUT2D eigenvalue weighted by atomic mass is 10.2. The Bertz CT molecular complexity index is 904. The SMILES string of the molecule is CCCCCC#CC[C@H](/C=C/C=C/C=O)O[Si](c1ccccc1)(c1ccccc1)C(C)(C)C. The average molecular weight is 459 g/mol. The smallest absolute Gasteiger partial charge is 0.261 e. The van der Waals surface area contributed by atoms with Crippen LogP contribution in [0.15, 0.2) is 85.0 Å². The molecule has 0 aliphatic heterocycles. The van der Waals surface area contributed by atoms with Gasteiger partial charge in [-0.1, -0.05) is 119 Å². The zero-order valence-corrected chi connectivity index (χ0v) is 21.6. The van der Waals surface area contributed by atoms with E-state index >= 15 is 0 Å². The molecule has 0 bridgehead atoms. The first-order chi connectivity index (χ1) is 16.0. The molecule has 0 unspecified atom stereocenters. The number of allylic oxidation sites excluding steroid dienone is 3. The molecule has 0 N–H and O–H groups in total. The van der Waals surface area contributed by atoms with Crippen molar-refractivity contribution >= 4 is 25.0 Å². The Morgan fingerprint density at radius 3 is 2.00 bits per heavy atom. The van der Waals surface area contributed by atoms with E-state index in [9.17, 15) is 4.79 Å². The van der Waals surface area contributed by atoms with Crippen LogP contribution in [0.4, 0.5) is 0 Å². The van der Waals surface area contributed by atoms with Crippen LogP contribution in [0.1, 0.15) is 59.8 Å². The normalized spacial score (nSPS) is 13.1. The van der Waals surface area contributed by atoms with Gasteiger partial charge in [-0.3, -0.25) is 4.79 Å². The van der Waals surface area contributed by atoms with Gasteiger partial charge in [-0.2, -0.15) is 0 Å². The van der Waals surface area contributed by atoms with E-state index in [1.165, 1.54) is 29.3 Å². The van der Waals surface area contributed by atoms with E-state index in [0.717, 1.165) is 19.1 Å². The third-order valence-corrected chi connectivity index (χ3v) is 10.8. The molecule has 2 rings (SSSR count). The van der Waals surface area contributed by atoms with Crippen LogP contribution in [0.2, 0.25) is 5.04 Å². The maximum Gasteiger partial charge on any atom is 0.261 e. The molecule has 3 heteroatoms. The van der Waals surface area contributed by atoms with Crippen molar-refractivity contribution in [2.24, 2.45) is 0 Å². The number of hydrogen-bond acceptors (Lipinski definition) is 2. The third-order valence-electron chi connectivity index (χ3n) is 5.71. The quantitative estimate of drug-likeness (QED) is 0.0998. The van der Waals surface area contributed by atoms with Crippen molar-refractivity contribution < 1.29 is 9.22 Å². The molecule has 2 aromatic carbocycles. The van der Waals surface area contributed by atoms with Crippen LogP contribution in [0.5, 0.6) is 0 Å². The fourth-order valence-electron chi connectivity index (χ4n) is 4.09. The second-order valence-electron chi connectivity index (χ2n) is 9.24. The van der Waals surface area contributed by atoms with Crippen LogP contribution >= 0.6 is 0 Å². The highest BCUT2D eigenvalue weighted by Crippen LogP contribution is 2.38. The van der Waals surface area contributed by atoms with E-state index in [4.69, 9.17) is 4.43 Å². The van der Waals surface area contributed by atoms with Crippen LogP contribution in [0.3, 0.4) is 0 Å². The molecule has 2 nitrogen and oxygen atoms in total. The Kier molecular flexibility index (Phi) is 11.1. The van der Waals surface area contributed by atoms with Gasteiger partial charge < -0.3 is 4.43 Å². The Hall–Kier alpha value is -2.67. The van der Waals surface area contributed by atoms with E-state index in [1.54, 1.807) is 6.08 Å². The van der Waals surface area contributed by atoms with Gasteiger partial charge in [0, 0.05) is 12.8 Å². The molecule has 0 aliphatic carbocycles. The fraction of sp³-hybridized carbons (Fsp3) is 0.367. The lowest BCUT2D eigenvalue weighted by Gasteiger charge is -2.44. The second-order valence-corrected chi connectivity index (χ2v) is 13.5. The van der Waals surface area contributed by atoms with Crippen molar-refractivity contribution in [3.63, 3.8) is 0 Å². The zero-order valence-electron chi connectivity index (χ0n) is 20.6. The first-order valence-electron chi connectivity index (χ1n) is 12.0. The molecule has 1 atom stereocenters. The van der Waals surface area contributed by atoms with E-state index in [0.29, 0.717) is 6.42 Å². The number of aldehydes is 1. The van der Waals surface area contributed by atoms with E-state index < -0.39 is 8.32 Å². The van der Waals surface area contributed by atoms with Gasteiger partial charge in [-0.15, -0.1) is 11.8 Å². The van der Waals surface area contributed by atoms with E-state index in [1.807, 2.05) is 12.2 Å². The Morgan fingerprint density at radius 2 is 1.48 bits per heavy atom. The molecule has 0 aliphatic rings. The van der Waals surface area contributed by atoms with Crippen LogP contribution in [0.25, 0.3) is 0 Å². The molecular formula is C30H38O2Si. The average Bonchev–Trinajstić information content (AvgIpc) is 2.82. The summed E-state index contributed by atoms with van der Waals surface area (Å²) in [7, 11) is -2.67. The predicted molar refractivity (Wildman–Crippen MR) is 143 cm³/mol. The Labute approximate surface area is 201 Å². The maximum absolute atomic E-state index is 10.7. The molecule has 0 amide bonds. The van der Waals surface area contributed by atoms with Crippen molar-refractivity contribution in [3.05, 3.63) is 85.0 Å². The van der Waals surface area contributed by atoms with Gasteiger partial charge in [-0.25, -0.2) is 0 Å². The topological polar surface area (TPSA) is 26.3 Å². The minimum absolute atomic E-state index is 0.102. The van der Waals surface area contributed by atoms with E-state index in [2.05, 4.69) is 100 Å². The molecule has 0 saturated carbocycles. The number of carbonyl (C=O) groups is 1. The lowest BCUT2D eigenvalue weighted by molar-refractivity contribution is -0.104. The highest BCUT2D eigenvalue weighted by molar-refractivity contribution is 6.99. The molecule has 0 heterocycles. The summed E-state index contributed by atoms with van der Waals surface area (Å²) in [5.41, 5.74) is 0. The number of benzene rings is 2. The van der Waals surface area contributed by atoms with Gasteiger partial charge in [0.1, 0.15) is 6.29 Å². The summed E-state index contributed by atoms with van der Waals surface area (Å²) < 4.78 is 7.21. The summed E-state index contributed by atoms with van der Waals surface area (Å²) in [5.74, 6) is 6.70. The monoisotopic (exact) mass is 458 g/mol. The number of unbranched alkanes of at least 4 members (excludes halogenated alkanes) is 3. The minimum atomic E-state index is -2.67. The minimum Gasteiger partial charge on any atom is -0.400 e. The number of carbonyl (C=O) groups excluding carboxylic acids is 1. The third kappa shape index (κ3) is 7.70. The molecule has 33 heavy (non-hydrogen) atoms. The van der Waals surface area contributed by atoms with Gasteiger partial charge in [0.05, 0.1) is 6.10 Å². The summed E-state index contributed by atoms with van der Waals surface area (Å²) >= 11 is 0. The molecule has 0 fully saturated rings. The first kappa shape index (κ1) is 26.6. The zero-order chi connectivity index (χ0) is 24.0. The fourth-order valence-corrected chi connectivity index (χ4v) is 8.72. The number of hydrogen-bond donors (Lipinski definition) is 0. The molecule has 0 saturated heterocycles. The van der Waals surface area contributed by atoms with Crippen molar-refractivity contribution in [2.75, 3.05) is 0 Å².